The molecule has 5 rings (SSSR count). The molecule has 2 aliphatic heterocycles. The Labute approximate surface area is 245 Å². The van der Waals surface area contributed by atoms with Crippen molar-refractivity contribution in [1.82, 2.24) is 20.9 Å². The summed E-state index contributed by atoms with van der Waals surface area (Å²) in [6.45, 7) is 1.12. The van der Waals surface area contributed by atoms with Gasteiger partial charge in [-0.2, -0.15) is 0 Å². The lowest BCUT2D eigenvalue weighted by molar-refractivity contribution is -0.149. The molecule has 2 saturated heterocycles. The van der Waals surface area contributed by atoms with Crippen molar-refractivity contribution in [3.8, 4) is 0 Å². The van der Waals surface area contributed by atoms with Gasteiger partial charge in [-0.3, -0.25) is 14.4 Å². The summed E-state index contributed by atoms with van der Waals surface area (Å²) in [5.74, 6) is -1.95. The average Bonchev–Trinajstić information content (AvgIpc) is 3.70. The van der Waals surface area contributed by atoms with Crippen LogP contribution in [-0.2, 0) is 32.0 Å². The lowest BCUT2D eigenvalue weighted by Crippen LogP contribution is -2.54. The molecule has 0 spiro atoms. The van der Waals surface area contributed by atoms with Crippen molar-refractivity contribution in [1.29, 1.82) is 0 Å². The molecule has 0 aliphatic carbocycles. The topological polar surface area (TPSA) is 128 Å². The molecule has 3 aromatic rings. The van der Waals surface area contributed by atoms with E-state index in [1.54, 1.807) is 0 Å². The molecule has 220 valence electrons. The Bertz CT molecular complexity index is 1420. The van der Waals surface area contributed by atoms with E-state index in [0.29, 0.717) is 25.8 Å². The van der Waals surface area contributed by atoms with Crippen LogP contribution >= 0.6 is 0 Å². The lowest BCUT2D eigenvalue weighted by Gasteiger charge is -2.28. The van der Waals surface area contributed by atoms with Crippen molar-refractivity contribution in [3.05, 3.63) is 83.9 Å². The summed E-state index contributed by atoms with van der Waals surface area (Å²) in [7, 11) is 0. The fourth-order valence-electron chi connectivity index (χ4n) is 6.05. The van der Waals surface area contributed by atoms with Crippen LogP contribution in [0.25, 0.3) is 10.8 Å². The van der Waals surface area contributed by atoms with E-state index in [9.17, 15) is 24.3 Å². The van der Waals surface area contributed by atoms with E-state index in [1.807, 2.05) is 72.8 Å². The lowest BCUT2D eigenvalue weighted by atomic mass is 9.99. The van der Waals surface area contributed by atoms with Crippen molar-refractivity contribution in [2.45, 2.75) is 69.1 Å². The third-order valence-corrected chi connectivity index (χ3v) is 8.19. The van der Waals surface area contributed by atoms with Crippen LogP contribution in [0.3, 0.4) is 0 Å². The van der Waals surface area contributed by atoms with E-state index in [-0.39, 0.29) is 30.7 Å². The Morgan fingerprint density at radius 3 is 2.36 bits per heavy atom. The molecule has 4 N–H and O–H groups in total. The number of carbonyl (C=O) groups excluding carboxylic acids is 3. The molecule has 3 amide bonds. The smallest absolute Gasteiger partial charge is 0.326 e. The Morgan fingerprint density at radius 2 is 1.62 bits per heavy atom. The Morgan fingerprint density at radius 1 is 0.857 bits per heavy atom. The number of nitrogens with one attached hydrogen (secondary N) is 3. The predicted octanol–water partition coefficient (Wildman–Crippen LogP) is 2.81. The summed E-state index contributed by atoms with van der Waals surface area (Å²) in [5, 5.41) is 21.0. The standard InChI is InChI=1S/C33H38N4O5/c38-30(21-26(19-22-8-2-1-3-9-22)35-31(39)27-12-6-16-34-27)36-28(32(40)37-17-7-13-29(37)33(41)42)20-23-14-15-24-10-4-5-11-25(24)18-23/h1-5,8-11,14-15,18,26-29,34H,6-7,12-13,16-17,19-21H2,(H,35,39)(H,36,38)(H,41,42)/t26-,27-,28-,29-/m0/s1. The number of amides is 3. The minimum absolute atomic E-state index is 0.0167. The highest BCUT2D eigenvalue weighted by Crippen LogP contribution is 2.22. The minimum Gasteiger partial charge on any atom is -0.480 e. The van der Waals surface area contributed by atoms with Gasteiger partial charge in [0.25, 0.3) is 0 Å². The molecule has 0 aromatic heterocycles. The number of benzene rings is 3. The zero-order valence-corrected chi connectivity index (χ0v) is 23.6. The number of nitrogens with zero attached hydrogens (tertiary/aromatic N) is 1. The molecule has 42 heavy (non-hydrogen) atoms. The number of carboxylic acids is 1. The largest absolute Gasteiger partial charge is 0.480 e. The van der Waals surface area contributed by atoms with Crippen molar-refractivity contribution in [3.63, 3.8) is 0 Å². The van der Waals surface area contributed by atoms with Gasteiger partial charge in [-0.15, -0.1) is 0 Å². The van der Waals surface area contributed by atoms with Gasteiger partial charge in [-0.1, -0.05) is 72.8 Å². The number of hydrogen-bond donors (Lipinski definition) is 4. The van der Waals surface area contributed by atoms with Gasteiger partial charge in [0.05, 0.1) is 6.04 Å². The summed E-state index contributed by atoms with van der Waals surface area (Å²) in [4.78, 5) is 53.5. The number of likely N-dealkylation sites (tertiary alicyclic amines) is 1. The maximum absolute atomic E-state index is 13.8. The number of rotatable bonds is 11. The third-order valence-electron chi connectivity index (χ3n) is 8.19. The van der Waals surface area contributed by atoms with Crippen molar-refractivity contribution in [2.24, 2.45) is 0 Å². The van der Waals surface area contributed by atoms with Crippen LogP contribution in [0.4, 0.5) is 0 Å². The van der Waals surface area contributed by atoms with Crippen LogP contribution in [0.1, 0.15) is 43.2 Å². The predicted molar refractivity (Wildman–Crippen MR) is 160 cm³/mol. The number of carboxylic acid groups (broad SMARTS) is 1. The molecule has 4 atom stereocenters. The highest BCUT2D eigenvalue weighted by molar-refractivity contribution is 5.92. The third kappa shape index (κ3) is 7.33. The first-order chi connectivity index (χ1) is 20.4. The molecule has 3 aromatic carbocycles. The first-order valence-corrected chi connectivity index (χ1v) is 14.8. The second kappa shape index (κ2) is 13.6. The van der Waals surface area contributed by atoms with Crippen molar-refractivity contribution >= 4 is 34.5 Å². The molecular formula is C33H38N4O5. The van der Waals surface area contributed by atoms with Gasteiger partial charge in [-0.05, 0) is 60.5 Å². The average molecular weight is 571 g/mol. The van der Waals surface area contributed by atoms with E-state index in [1.165, 1.54) is 4.90 Å². The zero-order chi connectivity index (χ0) is 29.5. The van der Waals surface area contributed by atoms with Gasteiger partial charge >= 0.3 is 5.97 Å². The molecule has 0 saturated carbocycles. The maximum atomic E-state index is 13.8. The normalized spacial score (nSPS) is 19.8. The molecular weight excluding hydrogens is 532 g/mol. The summed E-state index contributed by atoms with van der Waals surface area (Å²) < 4.78 is 0. The van der Waals surface area contributed by atoms with Gasteiger partial charge in [0.2, 0.25) is 17.7 Å². The fraction of sp³-hybridized carbons (Fsp3) is 0.394. The van der Waals surface area contributed by atoms with Gasteiger partial charge in [-0.25, -0.2) is 4.79 Å². The monoisotopic (exact) mass is 570 g/mol. The van der Waals surface area contributed by atoms with Crippen LogP contribution < -0.4 is 16.0 Å². The fourth-order valence-corrected chi connectivity index (χ4v) is 6.05. The zero-order valence-electron chi connectivity index (χ0n) is 23.6. The number of fused-ring (bicyclic) bond motifs is 1. The summed E-state index contributed by atoms with van der Waals surface area (Å²) >= 11 is 0. The molecule has 2 fully saturated rings. The quantitative estimate of drug-likeness (QED) is 0.281. The molecule has 9 nitrogen and oxygen atoms in total. The van der Waals surface area contributed by atoms with E-state index >= 15 is 0 Å². The molecule has 0 bridgehead atoms. The molecule has 9 heteroatoms. The maximum Gasteiger partial charge on any atom is 0.326 e. The van der Waals surface area contributed by atoms with Crippen LogP contribution in [0, 0.1) is 0 Å². The molecule has 2 heterocycles. The van der Waals surface area contributed by atoms with Gasteiger partial charge < -0.3 is 26.0 Å². The second-order valence-corrected chi connectivity index (χ2v) is 11.3. The van der Waals surface area contributed by atoms with Crippen LogP contribution in [0.15, 0.2) is 72.8 Å². The first-order valence-electron chi connectivity index (χ1n) is 14.8. The van der Waals surface area contributed by atoms with Gasteiger partial charge in [0, 0.05) is 25.4 Å². The Kier molecular flexibility index (Phi) is 9.48. The van der Waals surface area contributed by atoms with E-state index < -0.39 is 30.0 Å². The summed E-state index contributed by atoms with van der Waals surface area (Å²) in [6, 6.07) is 20.9. The number of carbonyl (C=O) groups is 4. The highest BCUT2D eigenvalue weighted by atomic mass is 16.4. The molecule has 2 aliphatic rings. The minimum atomic E-state index is -1.04. The van der Waals surface area contributed by atoms with Gasteiger partial charge in [0.15, 0.2) is 0 Å². The van der Waals surface area contributed by atoms with Crippen LogP contribution in [-0.4, -0.2) is 71.0 Å². The SMILES string of the molecule is O=C(C[C@H](Cc1ccccc1)NC(=O)[C@@H]1CCCN1)N[C@@H](Cc1ccc2ccccc2c1)C(=O)N1CCC[C@H]1C(=O)O. The Balaban J connectivity index is 1.34. The number of hydrogen-bond acceptors (Lipinski definition) is 5. The number of aliphatic carboxylic acids is 1. The Hall–Kier alpha value is -4.24. The summed E-state index contributed by atoms with van der Waals surface area (Å²) in [5.41, 5.74) is 1.85. The molecule has 0 unspecified atom stereocenters. The molecule has 0 radical (unpaired) electrons. The first kappa shape index (κ1) is 29.3. The van der Waals surface area contributed by atoms with Crippen LogP contribution in [0.5, 0.6) is 0 Å². The highest BCUT2D eigenvalue weighted by Gasteiger charge is 2.38. The second-order valence-electron chi connectivity index (χ2n) is 11.3. The van der Waals surface area contributed by atoms with Crippen LogP contribution in [0.2, 0.25) is 0 Å². The van der Waals surface area contributed by atoms with Crippen molar-refractivity contribution in [2.75, 3.05) is 13.1 Å². The van der Waals surface area contributed by atoms with E-state index in [2.05, 4.69) is 16.0 Å². The summed E-state index contributed by atoms with van der Waals surface area (Å²) in [6.07, 6.45) is 3.32. The van der Waals surface area contributed by atoms with Gasteiger partial charge in [0.1, 0.15) is 12.1 Å². The van der Waals surface area contributed by atoms with E-state index in [0.717, 1.165) is 41.3 Å². The van der Waals surface area contributed by atoms with Crippen molar-refractivity contribution < 1.29 is 24.3 Å². The van der Waals surface area contributed by atoms with E-state index in [4.69, 9.17) is 0 Å².